The van der Waals surface area contributed by atoms with Gasteiger partial charge in [0, 0.05) is 18.0 Å². The largest absolute Gasteiger partial charge is 0.318 e. The van der Waals surface area contributed by atoms with Crippen LogP contribution in [0.4, 0.5) is 0 Å². The van der Waals surface area contributed by atoms with E-state index in [0.29, 0.717) is 17.3 Å². The smallest absolute Gasteiger partial charge is 0.250 e. The molecule has 1 rings (SSSR count). The number of hydrogen-bond acceptors (Lipinski definition) is 4. The van der Waals surface area contributed by atoms with Gasteiger partial charge < -0.3 is 5.32 Å². The molecule has 4 nitrogen and oxygen atoms in total. The number of thiophene rings is 1. The maximum absolute atomic E-state index is 11.6. The molecule has 80 valence electrons. The lowest BCUT2D eigenvalue weighted by Gasteiger charge is -2.03. The zero-order valence-electron chi connectivity index (χ0n) is 8.20. The molecule has 0 bridgehead atoms. The van der Waals surface area contributed by atoms with Gasteiger partial charge in [-0.3, -0.25) is 0 Å². The quantitative estimate of drug-likeness (QED) is 0.732. The Morgan fingerprint density at radius 1 is 1.36 bits per heavy atom. The second kappa shape index (κ2) is 4.88. The van der Waals surface area contributed by atoms with Crippen molar-refractivity contribution in [3.05, 3.63) is 17.0 Å². The van der Waals surface area contributed by atoms with Gasteiger partial charge in [-0.15, -0.1) is 11.3 Å². The third-order valence-electron chi connectivity index (χ3n) is 1.65. The molecule has 0 spiro atoms. The van der Waals surface area contributed by atoms with Crippen molar-refractivity contribution < 1.29 is 8.42 Å². The molecule has 0 saturated heterocycles. The molecule has 2 N–H and O–H groups in total. The van der Waals surface area contributed by atoms with Gasteiger partial charge in [0.25, 0.3) is 0 Å². The van der Waals surface area contributed by atoms with Crippen LogP contribution in [0.3, 0.4) is 0 Å². The Morgan fingerprint density at radius 2 is 2.07 bits per heavy atom. The van der Waals surface area contributed by atoms with Crippen LogP contribution in [0.1, 0.15) is 4.88 Å². The van der Waals surface area contributed by atoms with Gasteiger partial charge in [-0.25, -0.2) is 13.1 Å². The molecule has 0 saturated carbocycles. The van der Waals surface area contributed by atoms with Crippen LogP contribution >= 0.6 is 11.3 Å². The summed E-state index contributed by atoms with van der Waals surface area (Å²) in [6, 6.07) is 3.43. The van der Waals surface area contributed by atoms with E-state index in [-0.39, 0.29) is 0 Å². The van der Waals surface area contributed by atoms with E-state index in [9.17, 15) is 8.42 Å². The van der Waals surface area contributed by atoms with Crippen molar-refractivity contribution in [2.24, 2.45) is 0 Å². The van der Waals surface area contributed by atoms with Crippen molar-refractivity contribution in [3.63, 3.8) is 0 Å². The lowest BCUT2D eigenvalue weighted by molar-refractivity contribution is 0.581. The maximum Gasteiger partial charge on any atom is 0.250 e. The minimum absolute atomic E-state index is 0.381. The van der Waals surface area contributed by atoms with E-state index in [4.69, 9.17) is 0 Å². The lowest BCUT2D eigenvalue weighted by Crippen LogP contribution is -2.29. The summed E-state index contributed by atoms with van der Waals surface area (Å²) in [6.07, 6.45) is 0. The van der Waals surface area contributed by atoms with E-state index >= 15 is 0 Å². The topological polar surface area (TPSA) is 58.2 Å². The number of aryl methyl sites for hydroxylation is 1. The van der Waals surface area contributed by atoms with Gasteiger partial charge in [0.15, 0.2) is 0 Å². The van der Waals surface area contributed by atoms with Gasteiger partial charge in [-0.2, -0.15) is 0 Å². The third-order valence-corrected chi connectivity index (χ3v) is 4.60. The molecule has 0 aliphatic heterocycles. The summed E-state index contributed by atoms with van der Waals surface area (Å²) in [5, 5.41) is 2.87. The molecule has 0 radical (unpaired) electrons. The van der Waals surface area contributed by atoms with E-state index in [1.165, 1.54) is 11.3 Å². The normalized spacial score (nSPS) is 11.9. The first-order valence-corrected chi connectivity index (χ1v) is 6.57. The van der Waals surface area contributed by atoms with Gasteiger partial charge >= 0.3 is 0 Å². The Hall–Kier alpha value is -0.430. The number of hydrogen-bond donors (Lipinski definition) is 2. The van der Waals surface area contributed by atoms with E-state index in [0.717, 1.165) is 4.88 Å². The second-order valence-corrected chi connectivity index (χ2v) is 6.15. The van der Waals surface area contributed by atoms with Crippen LogP contribution in [0.2, 0.25) is 0 Å². The zero-order valence-corrected chi connectivity index (χ0v) is 9.83. The summed E-state index contributed by atoms with van der Waals surface area (Å²) < 4.78 is 26.1. The first-order chi connectivity index (χ1) is 6.56. The Kier molecular flexibility index (Phi) is 4.06. The Morgan fingerprint density at radius 3 is 2.57 bits per heavy atom. The van der Waals surface area contributed by atoms with Gasteiger partial charge in [0.05, 0.1) is 0 Å². The first kappa shape index (κ1) is 11.6. The molecule has 6 heteroatoms. The highest BCUT2D eigenvalue weighted by Crippen LogP contribution is 2.19. The van der Waals surface area contributed by atoms with Crippen LogP contribution in [-0.4, -0.2) is 28.6 Å². The molecule has 0 aliphatic carbocycles. The maximum atomic E-state index is 11.6. The van der Waals surface area contributed by atoms with Gasteiger partial charge in [-0.1, -0.05) is 0 Å². The summed E-state index contributed by atoms with van der Waals surface area (Å²) in [6.45, 7) is 2.93. The minimum Gasteiger partial charge on any atom is -0.318 e. The van der Waals surface area contributed by atoms with Crippen molar-refractivity contribution in [1.29, 1.82) is 0 Å². The van der Waals surface area contributed by atoms with Gasteiger partial charge in [0.2, 0.25) is 10.0 Å². The van der Waals surface area contributed by atoms with Crippen LogP contribution in [0.5, 0.6) is 0 Å². The minimum atomic E-state index is -3.28. The fourth-order valence-electron chi connectivity index (χ4n) is 0.938. The molecular formula is C8H14N2O2S2. The third kappa shape index (κ3) is 3.06. The number of nitrogens with one attached hydrogen (secondary N) is 2. The van der Waals surface area contributed by atoms with Crippen molar-refractivity contribution in [1.82, 2.24) is 10.0 Å². The lowest BCUT2D eigenvalue weighted by atomic mass is 10.5. The summed E-state index contributed by atoms with van der Waals surface area (Å²) in [4.78, 5) is 0.999. The van der Waals surface area contributed by atoms with Crippen LogP contribution in [-0.2, 0) is 10.0 Å². The van der Waals surface area contributed by atoms with Crippen LogP contribution in [0.15, 0.2) is 16.3 Å². The second-order valence-electron chi connectivity index (χ2n) is 2.87. The number of likely N-dealkylation sites (N-methyl/N-ethyl adjacent to an activating group) is 1. The van der Waals surface area contributed by atoms with E-state index < -0.39 is 10.0 Å². The van der Waals surface area contributed by atoms with Crippen molar-refractivity contribution >= 4 is 21.4 Å². The average molecular weight is 234 g/mol. The standard InChI is InChI=1S/C8H14N2O2S2/c1-7-3-4-8(13-7)14(11,12)10-6-5-9-2/h3-4,9-10H,5-6H2,1-2H3. The number of rotatable bonds is 5. The SMILES string of the molecule is CNCCNS(=O)(=O)c1ccc(C)s1. The number of sulfonamides is 1. The highest BCUT2D eigenvalue weighted by Gasteiger charge is 2.14. The van der Waals surface area contributed by atoms with E-state index in [1.807, 2.05) is 6.92 Å². The summed E-state index contributed by atoms with van der Waals surface area (Å²) in [5.74, 6) is 0. The van der Waals surface area contributed by atoms with Crippen molar-refractivity contribution in [3.8, 4) is 0 Å². The predicted molar refractivity (Wildman–Crippen MR) is 58.2 cm³/mol. The van der Waals surface area contributed by atoms with Crippen LogP contribution in [0, 0.1) is 6.92 Å². The fraction of sp³-hybridized carbons (Fsp3) is 0.500. The highest BCUT2D eigenvalue weighted by atomic mass is 32.2. The fourth-order valence-corrected chi connectivity index (χ4v) is 3.30. The van der Waals surface area contributed by atoms with E-state index in [1.54, 1.807) is 19.2 Å². The Labute approximate surface area is 88.4 Å². The summed E-state index contributed by atoms with van der Waals surface area (Å²) in [5.41, 5.74) is 0. The molecule has 0 unspecified atom stereocenters. The van der Waals surface area contributed by atoms with Gasteiger partial charge in [0.1, 0.15) is 4.21 Å². The van der Waals surface area contributed by atoms with E-state index in [2.05, 4.69) is 10.0 Å². The zero-order chi connectivity index (χ0) is 10.6. The molecule has 0 fully saturated rings. The Bertz CT molecular complexity index is 384. The average Bonchev–Trinajstić information content (AvgIpc) is 2.53. The molecule has 0 aromatic carbocycles. The summed E-state index contributed by atoms with van der Waals surface area (Å²) in [7, 11) is -1.50. The van der Waals surface area contributed by atoms with Crippen molar-refractivity contribution in [2.75, 3.05) is 20.1 Å². The monoisotopic (exact) mass is 234 g/mol. The molecule has 14 heavy (non-hydrogen) atoms. The molecule has 0 atom stereocenters. The molecule has 1 aromatic heterocycles. The molecule has 0 aliphatic rings. The van der Waals surface area contributed by atoms with Crippen LogP contribution in [0.25, 0.3) is 0 Å². The van der Waals surface area contributed by atoms with Gasteiger partial charge in [-0.05, 0) is 26.1 Å². The highest BCUT2D eigenvalue weighted by molar-refractivity contribution is 7.91. The molecular weight excluding hydrogens is 220 g/mol. The Balaban J connectivity index is 2.66. The van der Waals surface area contributed by atoms with Crippen molar-refractivity contribution in [2.45, 2.75) is 11.1 Å². The predicted octanol–water partition coefficient (Wildman–Crippen LogP) is 0.554. The molecule has 1 heterocycles. The summed E-state index contributed by atoms with van der Waals surface area (Å²) >= 11 is 1.28. The first-order valence-electron chi connectivity index (χ1n) is 4.27. The molecule has 0 amide bonds. The van der Waals surface area contributed by atoms with Crippen LogP contribution < -0.4 is 10.0 Å². The molecule has 1 aromatic rings.